The molecule has 1 fully saturated rings. The van der Waals surface area contributed by atoms with Crippen molar-refractivity contribution in [1.29, 1.82) is 0 Å². The van der Waals surface area contributed by atoms with E-state index in [4.69, 9.17) is 16.3 Å². The van der Waals surface area contributed by atoms with E-state index in [0.717, 1.165) is 6.42 Å². The molecule has 1 aromatic heterocycles. The van der Waals surface area contributed by atoms with Crippen LogP contribution in [0, 0.1) is 0 Å². The molecule has 1 amide bonds. The number of hydrogen-bond donors (Lipinski definition) is 0. The molecule has 0 aliphatic carbocycles. The highest BCUT2D eigenvalue weighted by atomic mass is 35.5. The maximum Gasteiger partial charge on any atom is 0.328 e. The summed E-state index contributed by atoms with van der Waals surface area (Å²) in [6, 6.07) is 1.04. The minimum Gasteiger partial charge on any atom is -0.467 e. The summed E-state index contributed by atoms with van der Waals surface area (Å²) in [7, 11) is 1.32. The van der Waals surface area contributed by atoms with Gasteiger partial charge in [-0.2, -0.15) is 0 Å². The zero-order chi connectivity index (χ0) is 13.1. The van der Waals surface area contributed by atoms with Crippen LogP contribution in [0.2, 0.25) is 5.02 Å². The lowest BCUT2D eigenvalue weighted by atomic mass is 10.2. The van der Waals surface area contributed by atoms with E-state index in [1.165, 1.54) is 24.4 Å². The summed E-state index contributed by atoms with van der Waals surface area (Å²) in [5, 5.41) is 0.338. The molecule has 0 spiro atoms. The van der Waals surface area contributed by atoms with E-state index in [2.05, 4.69) is 4.98 Å². The van der Waals surface area contributed by atoms with Gasteiger partial charge in [0.1, 0.15) is 6.04 Å². The van der Waals surface area contributed by atoms with Crippen LogP contribution in [0.4, 0.5) is 0 Å². The highest BCUT2D eigenvalue weighted by Gasteiger charge is 2.35. The Morgan fingerprint density at radius 3 is 3.00 bits per heavy atom. The fourth-order valence-electron chi connectivity index (χ4n) is 2.08. The number of halogens is 1. The number of ether oxygens (including phenoxy) is 1. The summed E-state index contributed by atoms with van der Waals surface area (Å²) in [4.78, 5) is 29.2. The van der Waals surface area contributed by atoms with E-state index in [-0.39, 0.29) is 11.9 Å². The quantitative estimate of drug-likeness (QED) is 0.763. The number of amides is 1. The standard InChI is InChI=1S/C12H13ClN2O3/c1-18-12(17)10-3-2-6-15(10)11(16)8-7-14-5-4-9(8)13/h4-5,7,10H,2-3,6H2,1H3. The topological polar surface area (TPSA) is 59.5 Å². The average Bonchev–Trinajstić information content (AvgIpc) is 2.86. The first kappa shape index (κ1) is 12.8. The molecular formula is C12H13ClN2O3. The third kappa shape index (κ3) is 2.31. The number of nitrogens with zero attached hydrogens (tertiary/aromatic N) is 2. The number of methoxy groups -OCH3 is 1. The van der Waals surface area contributed by atoms with E-state index in [1.807, 2.05) is 0 Å². The zero-order valence-electron chi connectivity index (χ0n) is 9.93. The van der Waals surface area contributed by atoms with Crippen LogP contribution in [0.3, 0.4) is 0 Å². The highest BCUT2D eigenvalue weighted by molar-refractivity contribution is 6.33. The number of hydrogen-bond acceptors (Lipinski definition) is 4. The fraction of sp³-hybridized carbons (Fsp3) is 0.417. The van der Waals surface area contributed by atoms with Gasteiger partial charge < -0.3 is 9.64 Å². The summed E-state index contributed by atoms with van der Waals surface area (Å²) in [5.74, 6) is -0.665. The Morgan fingerprint density at radius 2 is 2.33 bits per heavy atom. The molecule has 0 radical (unpaired) electrons. The normalized spacial score (nSPS) is 18.8. The van der Waals surface area contributed by atoms with Crippen LogP contribution in [-0.2, 0) is 9.53 Å². The van der Waals surface area contributed by atoms with E-state index in [9.17, 15) is 9.59 Å². The van der Waals surface area contributed by atoms with Crippen molar-refractivity contribution in [2.75, 3.05) is 13.7 Å². The Labute approximate surface area is 110 Å². The zero-order valence-corrected chi connectivity index (χ0v) is 10.7. The molecule has 18 heavy (non-hydrogen) atoms. The Kier molecular flexibility index (Phi) is 3.81. The second kappa shape index (κ2) is 5.35. The molecular weight excluding hydrogens is 256 g/mol. The summed E-state index contributed by atoms with van der Waals surface area (Å²) >= 11 is 5.96. The molecule has 0 N–H and O–H groups in total. The smallest absolute Gasteiger partial charge is 0.328 e. The summed E-state index contributed by atoms with van der Waals surface area (Å²) in [6.45, 7) is 0.532. The Hall–Kier alpha value is -1.62. The number of aromatic nitrogens is 1. The van der Waals surface area contributed by atoms with Crippen molar-refractivity contribution in [3.8, 4) is 0 Å². The highest BCUT2D eigenvalue weighted by Crippen LogP contribution is 2.23. The van der Waals surface area contributed by atoms with Crippen LogP contribution in [0.25, 0.3) is 0 Å². The van der Waals surface area contributed by atoms with Gasteiger partial charge in [0.2, 0.25) is 0 Å². The Balaban J connectivity index is 2.23. The molecule has 0 aromatic carbocycles. The second-order valence-electron chi connectivity index (χ2n) is 4.04. The first-order chi connectivity index (χ1) is 8.65. The molecule has 1 aliphatic rings. The van der Waals surface area contributed by atoms with E-state index in [1.54, 1.807) is 6.07 Å². The Bertz CT molecular complexity index is 478. The van der Waals surface area contributed by atoms with Crippen LogP contribution in [0.15, 0.2) is 18.5 Å². The minimum atomic E-state index is -0.515. The van der Waals surface area contributed by atoms with Crippen molar-refractivity contribution in [2.45, 2.75) is 18.9 Å². The van der Waals surface area contributed by atoms with Crippen molar-refractivity contribution < 1.29 is 14.3 Å². The van der Waals surface area contributed by atoms with Gasteiger partial charge in [-0.15, -0.1) is 0 Å². The molecule has 2 rings (SSSR count). The van der Waals surface area contributed by atoms with Gasteiger partial charge in [0, 0.05) is 18.9 Å². The van der Waals surface area contributed by atoms with Crippen molar-refractivity contribution in [1.82, 2.24) is 9.88 Å². The number of carbonyl (C=O) groups is 2. The summed E-state index contributed by atoms with van der Waals surface area (Å²) in [6.07, 6.45) is 4.33. The van der Waals surface area contributed by atoms with Crippen molar-refractivity contribution in [3.63, 3.8) is 0 Å². The van der Waals surface area contributed by atoms with E-state index >= 15 is 0 Å². The van der Waals surface area contributed by atoms with Gasteiger partial charge in [0.15, 0.2) is 0 Å². The van der Waals surface area contributed by atoms with Crippen LogP contribution < -0.4 is 0 Å². The van der Waals surface area contributed by atoms with Gasteiger partial charge in [-0.3, -0.25) is 9.78 Å². The number of rotatable bonds is 2. The van der Waals surface area contributed by atoms with Crippen LogP contribution in [0.1, 0.15) is 23.2 Å². The number of carbonyl (C=O) groups excluding carboxylic acids is 2. The van der Waals surface area contributed by atoms with Crippen molar-refractivity contribution in [3.05, 3.63) is 29.0 Å². The number of likely N-dealkylation sites (tertiary alicyclic amines) is 1. The predicted octanol–water partition coefficient (Wildman–Crippen LogP) is 1.51. The monoisotopic (exact) mass is 268 g/mol. The van der Waals surface area contributed by atoms with E-state index in [0.29, 0.717) is 23.6 Å². The molecule has 1 atom stereocenters. The first-order valence-corrected chi connectivity index (χ1v) is 6.01. The molecule has 0 saturated carbocycles. The predicted molar refractivity (Wildman–Crippen MR) is 65.3 cm³/mol. The van der Waals surface area contributed by atoms with Gasteiger partial charge in [0.25, 0.3) is 5.91 Å². The molecule has 0 bridgehead atoms. The minimum absolute atomic E-state index is 0.277. The van der Waals surface area contributed by atoms with Gasteiger partial charge >= 0.3 is 5.97 Å². The molecule has 2 heterocycles. The van der Waals surface area contributed by atoms with Crippen molar-refractivity contribution in [2.24, 2.45) is 0 Å². The first-order valence-electron chi connectivity index (χ1n) is 5.63. The average molecular weight is 269 g/mol. The van der Waals surface area contributed by atoms with Crippen LogP contribution in [0.5, 0.6) is 0 Å². The third-order valence-electron chi connectivity index (χ3n) is 2.99. The lowest BCUT2D eigenvalue weighted by Gasteiger charge is -2.22. The maximum absolute atomic E-state index is 12.3. The lowest BCUT2D eigenvalue weighted by molar-refractivity contribution is -0.145. The van der Waals surface area contributed by atoms with Gasteiger partial charge in [-0.05, 0) is 18.9 Å². The molecule has 1 saturated heterocycles. The second-order valence-corrected chi connectivity index (χ2v) is 4.44. The fourth-order valence-corrected chi connectivity index (χ4v) is 2.27. The molecule has 96 valence electrons. The third-order valence-corrected chi connectivity index (χ3v) is 3.31. The maximum atomic E-state index is 12.3. The van der Waals surface area contributed by atoms with Gasteiger partial charge in [0.05, 0.1) is 17.7 Å². The molecule has 1 unspecified atom stereocenters. The number of esters is 1. The lowest BCUT2D eigenvalue weighted by Crippen LogP contribution is -2.41. The SMILES string of the molecule is COC(=O)C1CCCN1C(=O)c1cnccc1Cl. The van der Waals surface area contributed by atoms with Crippen molar-refractivity contribution >= 4 is 23.5 Å². The molecule has 1 aliphatic heterocycles. The largest absolute Gasteiger partial charge is 0.467 e. The van der Waals surface area contributed by atoms with Crippen LogP contribution >= 0.6 is 11.6 Å². The molecule has 1 aromatic rings. The van der Waals surface area contributed by atoms with E-state index < -0.39 is 6.04 Å². The van der Waals surface area contributed by atoms with Gasteiger partial charge in [-0.25, -0.2) is 4.79 Å². The Morgan fingerprint density at radius 1 is 1.56 bits per heavy atom. The number of pyridine rings is 1. The summed E-state index contributed by atoms with van der Waals surface area (Å²) < 4.78 is 4.70. The van der Waals surface area contributed by atoms with Crippen LogP contribution in [-0.4, -0.2) is 41.5 Å². The summed E-state index contributed by atoms with van der Waals surface area (Å²) in [5.41, 5.74) is 0.315. The van der Waals surface area contributed by atoms with Gasteiger partial charge in [-0.1, -0.05) is 11.6 Å². The molecule has 5 nitrogen and oxygen atoms in total. The molecule has 6 heteroatoms.